The van der Waals surface area contributed by atoms with Gasteiger partial charge in [-0.05, 0) is 33.4 Å². The molecule has 3 aromatic rings. The van der Waals surface area contributed by atoms with Gasteiger partial charge in [-0.2, -0.15) is 0 Å². The highest BCUT2D eigenvalue weighted by Gasteiger charge is 2.52. The Labute approximate surface area is 249 Å². The van der Waals surface area contributed by atoms with E-state index in [1.54, 1.807) is 6.08 Å². The SMILES string of the molecule is C=CC(C)O[C@@H]1O[C@H](CO[Si](c2ccccc2)(c2ccccc2)C(C)(C)C)[C@@H](O)[C@H](OCc2ccccc2)[C@H]1N=[N+]=[N-]. The van der Waals surface area contributed by atoms with Gasteiger partial charge in [-0.1, -0.05) is 123 Å². The van der Waals surface area contributed by atoms with Gasteiger partial charge < -0.3 is 23.7 Å². The predicted molar refractivity (Wildman–Crippen MR) is 167 cm³/mol. The Balaban J connectivity index is 1.70. The van der Waals surface area contributed by atoms with Gasteiger partial charge in [0.05, 0.1) is 25.4 Å². The van der Waals surface area contributed by atoms with Crippen molar-refractivity contribution in [1.82, 2.24) is 0 Å². The summed E-state index contributed by atoms with van der Waals surface area (Å²) in [5.41, 5.74) is 10.3. The van der Waals surface area contributed by atoms with Crippen LogP contribution in [0.2, 0.25) is 5.04 Å². The number of ether oxygens (including phenoxy) is 3. The molecule has 1 saturated heterocycles. The molecule has 42 heavy (non-hydrogen) atoms. The lowest BCUT2D eigenvalue weighted by Gasteiger charge is -2.47. The molecule has 0 spiro atoms. The molecule has 1 unspecified atom stereocenters. The summed E-state index contributed by atoms with van der Waals surface area (Å²) in [7, 11) is -2.92. The van der Waals surface area contributed by atoms with E-state index < -0.39 is 45.1 Å². The summed E-state index contributed by atoms with van der Waals surface area (Å²) in [5.74, 6) is 0. The zero-order valence-electron chi connectivity index (χ0n) is 24.7. The molecular weight excluding hydrogens is 546 g/mol. The van der Waals surface area contributed by atoms with E-state index in [1.165, 1.54) is 0 Å². The molecule has 3 aromatic carbocycles. The van der Waals surface area contributed by atoms with Crippen LogP contribution in [0.1, 0.15) is 33.3 Å². The van der Waals surface area contributed by atoms with E-state index in [0.29, 0.717) is 0 Å². The molecule has 0 aliphatic carbocycles. The smallest absolute Gasteiger partial charge is 0.261 e. The van der Waals surface area contributed by atoms with E-state index in [2.05, 4.69) is 61.6 Å². The fourth-order valence-corrected chi connectivity index (χ4v) is 10.1. The maximum absolute atomic E-state index is 11.7. The van der Waals surface area contributed by atoms with Crippen molar-refractivity contribution in [2.45, 2.75) is 76.1 Å². The minimum atomic E-state index is -2.92. The lowest BCUT2D eigenvalue weighted by Crippen LogP contribution is -2.68. The predicted octanol–water partition coefficient (Wildman–Crippen LogP) is 5.50. The fraction of sp³-hybridized carbons (Fsp3) is 0.394. The van der Waals surface area contributed by atoms with Crippen molar-refractivity contribution in [3.05, 3.63) is 120 Å². The van der Waals surface area contributed by atoms with E-state index in [1.807, 2.05) is 73.7 Å². The molecule has 1 aliphatic rings. The Morgan fingerprint density at radius 1 is 1.00 bits per heavy atom. The second kappa shape index (κ2) is 14.3. The molecule has 4 rings (SSSR count). The second-order valence-electron chi connectivity index (χ2n) is 11.5. The number of benzene rings is 3. The Morgan fingerprint density at radius 2 is 1.55 bits per heavy atom. The minimum Gasteiger partial charge on any atom is -0.405 e. The van der Waals surface area contributed by atoms with Gasteiger partial charge >= 0.3 is 0 Å². The topological polar surface area (TPSA) is 106 Å². The zero-order valence-corrected chi connectivity index (χ0v) is 25.7. The van der Waals surface area contributed by atoms with E-state index in [9.17, 15) is 10.6 Å². The number of nitrogens with zero attached hydrogens (tertiary/aromatic N) is 3. The number of aliphatic hydroxyl groups excluding tert-OH is 1. The molecule has 0 saturated carbocycles. The van der Waals surface area contributed by atoms with Crippen LogP contribution in [-0.4, -0.2) is 56.8 Å². The number of rotatable bonds is 12. The van der Waals surface area contributed by atoms with Crippen LogP contribution < -0.4 is 10.4 Å². The maximum atomic E-state index is 11.7. The van der Waals surface area contributed by atoms with Crippen LogP contribution in [0.15, 0.2) is 109 Å². The first-order valence-electron chi connectivity index (χ1n) is 14.3. The second-order valence-corrected chi connectivity index (χ2v) is 15.8. The van der Waals surface area contributed by atoms with Crippen molar-refractivity contribution >= 4 is 18.7 Å². The summed E-state index contributed by atoms with van der Waals surface area (Å²) in [6.07, 6.45) is -2.61. The Morgan fingerprint density at radius 3 is 2.05 bits per heavy atom. The van der Waals surface area contributed by atoms with Gasteiger partial charge in [0.2, 0.25) is 0 Å². The first kappa shape index (κ1) is 31.7. The van der Waals surface area contributed by atoms with Crippen LogP contribution in [0, 0.1) is 0 Å². The van der Waals surface area contributed by atoms with Gasteiger partial charge in [0.25, 0.3) is 8.32 Å². The Kier molecular flexibility index (Phi) is 10.8. The largest absolute Gasteiger partial charge is 0.405 e. The number of hydrogen-bond donors (Lipinski definition) is 1. The normalized spacial score (nSPS) is 23.5. The molecule has 1 aliphatic heterocycles. The molecule has 0 aromatic heterocycles. The van der Waals surface area contributed by atoms with Crippen LogP contribution >= 0.6 is 0 Å². The molecule has 0 radical (unpaired) electrons. The summed E-state index contributed by atoms with van der Waals surface area (Å²) in [5, 5.41) is 17.6. The van der Waals surface area contributed by atoms with Crippen LogP contribution in [0.5, 0.6) is 0 Å². The third kappa shape index (κ3) is 7.02. The number of hydrogen-bond acceptors (Lipinski definition) is 6. The van der Waals surface area contributed by atoms with Crippen molar-refractivity contribution in [2.24, 2.45) is 5.11 Å². The van der Waals surface area contributed by atoms with Crippen molar-refractivity contribution in [3.8, 4) is 0 Å². The van der Waals surface area contributed by atoms with E-state index in [-0.39, 0.29) is 18.3 Å². The lowest BCUT2D eigenvalue weighted by atomic mass is 9.97. The molecule has 0 bridgehead atoms. The molecule has 222 valence electrons. The lowest BCUT2D eigenvalue weighted by molar-refractivity contribution is -0.278. The van der Waals surface area contributed by atoms with E-state index in [0.717, 1.165) is 15.9 Å². The minimum absolute atomic E-state index is 0.0744. The van der Waals surface area contributed by atoms with Crippen LogP contribution in [-0.2, 0) is 25.2 Å². The highest BCUT2D eigenvalue weighted by molar-refractivity contribution is 6.99. The van der Waals surface area contributed by atoms with Crippen molar-refractivity contribution in [2.75, 3.05) is 6.61 Å². The molecule has 1 N–H and O–H groups in total. The molecule has 0 amide bonds. The molecular formula is C33H41N3O5Si. The van der Waals surface area contributed by atoms with E-state index >= 15 is 0 Å². The van der Waals surface area contributed by atoms with Crippen LogP contribution in [0.4, 0.5) is 0 Å². The summed E-state index contributed by atoms with van der Waals surface area (Å²) >= 11 is 0. The van der Waals surface area contributed by atoms with Gasteiger partial charge in [0.15, 0.2) is 6.29 Å². The Hall–Kier alpha value is -3.27. The third-order valence-corrected chi connectivity index (χ3v) is 12.7. The monoisotopic (exact) mass is 587 g/mol. The van der Waals surface area contributed by atoms with Gasteiger partial charge in [0, 0.05) is 4.91 Å². The third-order valence-electron chi connectivity index (χ3n) is 7.67. The van der Waals surface area contributed by atoms with Crippen molar-refractivity contribution in [3.63, 3.8) is 0 Å². The molecule has 9 heteroatoms. The summed E-state index contributed by atoms with van der Waals surface area (Å²) in [6.45, 7) is 12.5. The van der Waals surface area contributed by atoms with Crippen LogP contribution in [0.3, 0.4) is 0 Å². The van der Waals surface area contributed by atoms with Crippen molar-refractivity contribution < 1.29 is 23.7 Å². The van der Waals surface area contributed by atoms with Gasteiger partial charge in [-0.25, -0.2) is 0 Å². The summed E-state index contributed by atoms with van der Waals surface area (Å²) in [4.78, 5) is 3.03. The molecule has 1 fully saturated rings. The van der Waals surface area contributed by atoms with Crippen molar-refractivity contribution in [1.29, 1.82) is 0 Å². The standard InChI is InChI=1S/C33H41N3O5Si/c1-6-24(2)40-32-29(35-36-34)31(38-22-25-16-10-7-11-17-25)30(37)28(41-32)23-39-42(33(3,4)5,26-18-12-8-13-19-26)27-20-14-9-15-21-27/h6-21,24,28-32,37H,1,22-23H2,2-5H3/t24?,28-,29-,30-,31-,32-/m1/s1. The summed E-state index contributed by atoms with van der Waals surface area (Å²) < 4.78 is 25.8. The quantitative estimate of drug-likeness (QED) is 0.0990. The molecule has 8 nitrogen and oxygen atoms in total. The van der Waals surface area contributed by atoms with E-state index in [4.69, 9.17) is 18.6 Å². The van der Waals surface area contributed by atoms with Crippen LogP contribution in [0.25, 0.3) is 10.4 Å². The first-order valence-corrected chi connectivity index (χ1v) is 16.2. The number of azide groups is 1. The maximum Gasteiger partial charge on any atom is 0.261 e. The average molecular weight is 588 g/mol. The van der Waals surface area contributed by atoms with Gasteiger partial charge in [-0.3, -0.25) is 0 Å². The molecule has 6 atom stereocenters. The van der Waals surface area contributed by atoms with Gasteiger partial charge in [-0.15, -0.1) is 6.58 Å². The fourth-order valence-electron chi connectivity index (χ4n) is 5.53. The highest BCUT2D eigenvalue weighted by atomic mass is 28.4. The Bertz CT molecular complexity index is 1280. The zero-order chi connectivity index (χ0) is 30.2. The summed E-state index contributed by atoms with van der Waals surface area (Å²) in [6, 6.07) is 29.3. The molecule has 1 heterocycles. The average Bonchev–Trinajstić information content (AvgIpc) is 3.00. The van der Waals surface area contributed by atoms with Gasteiger partial charge in [0.1, 0.15) is 18.2 Å². The highest BCUT2D eigenvalue weighted by Crippen LogP contribution is 2.38. The number of aliphatic hydroxyl groups is 1. The first-order chi connectivity index (χ1) is 20.2.